The number of alkyl halides is 1. The molecular formula is C21H21ClF2N6O2. The van der Waals surface area contributed by atoms with E-state index in [0.717, 1.165) is 0 Å². The second-order valence-corrected chi connectivity index (χ2v) is 8.07. The van der Waals surface area contributed by atoms with E-state index in [1.54, 1.807) is 29.8 Å². The van der Waals surface area contributed by atoms with E-state index in [4.69, 9.17) is 17.3 Å². The summed E-state index contributed by atoms with van der Waals surface area (Å²) in [4.78, 5) is 35.3. The van der Waals surface area contributed by atoms with Crippen molar-refractivity contribution in [1.29, 1.82) is 0 Å². The average molecular weight is 463 g/mol. The van der Waals surface area contributed by atoms with Gasteiger partial charge in [0.25, 0.3) is 0 Å². The van der Waals surface area contributed by atoms with E-state index in [-0.39, 0.29) is 36.6 Å². The molecule has 32 heavy (non-hydrogen) atoms. The molecule has 2 amide bonds. The minimum atomic E-state index is -1.33. The number of nitrogens with zero attached hydrogens (tertiary/aromatic N) is 4. The number of rotatable bonds is 5. The van der Waals surface area contributed by atoms with Crippen LogP contribution in [-0.4, -0.2) is 50.0 Å². The molecular weight excluding hydrogens is 442 g/mol. The highest BCUT2D eigenvalue weighted by Gasteiger charge is 2.39. The summed E-state index contributed by atoms with van der Waals surface area (Å²) in [6.45, 7) is 1.22. The summed E-state index contributed by atoms with van der Waals surface area (Å²) < 4.78 is 29.8. The van der Waals surface area contributed by atoms with E-state index in [9.17, 15) is 18.4 Å². The Labute approximate surface area is 187 Å². The third-order valence-electron chi connectivity index (χ3n) is 5.42. The maximum Gasteiger partial charge on any atom is 0.243 e. The van der Waals surface area contributed by atoms with Crippen molar-refractivity contribution >= 4 is 40.3 Å². The van der Waals surface area contributed by atoms with Gasteiger partial charge in [-0.25, -0.2) is 18.7 Å². The number of nitrogens with two attached hydrogens (primary N) is 1. The van der Waals surface area contributed by atoms with Gasteiger partial charge in [-0.3, -0.25) is 9.59 Å². The van der Waals surface area contributed by atoms with Gasteiger partial charge in [-0.05, 0) is 19.1 Å². The lowest BCUT2D eigenvalue weighted by Gasteiger charge is -2.24. The van der Waals surface area contributed by atoms with E-state index < -0.39 is 29.8 Å². The van der Waals surface area contributed by atoms with Gasteiger partial charge in [0.2, 0.25) is 11.8 Å². The van der Waals surface area contributed by atoms with Gasteiger partial charge in [-0.15, -0.1) is 0 Å². The van der Waals surface area contributed by atoms with Crippen LogP contribution < -0.4 is 11.1 Å². The largest absolute Gasteiger partial charge is 0.383 e. The normalized spacial score (nSPS) is 18.3. The number of carbonyl (C=O) groups is 2. The van der Waals surface area contributed by atoms with Crippen LogP contribution in [0.1, 0.15) is 17.8 Å². The van der Waals surface area contributed by atoms with Crippen LogP contribution in [0.2, 0.25) is 5.02 Å². The number of likely N-dealkylation sites (tertiary alicyclic amines) is 1. The molecule has 0 radical (unpaired) electrons. The third-order valence-corrected chi connectivity index (χ3v) is 5.72. The fourth-order valence-corrected chi connectivity index (χ4v) is 4.05. The monoisotopic (exact) mass is 462 g/mol. The predicted octanol–water partition coefficient (Wildman–Crippen LogP) is 2.37. The number of aryl methyl sites for hydroxylation is 1. The number of carbonyl (C=O) groups excluding carboxylic acids is 2. The summed E-state index contributed by atoms with van der Waals surface area (Å²) >= 11 is 5.76. The maximum absolute atomic E-state index is 14.2. The SMILES string of the molecule is Cc1nc(N)c2ccn(CC(=O)N3C[C@H](F)C[C@H]3C(=O)NCc3cccc(Cl)c3F)c2n1. The fourth-order valence-electron chi connectivity index (χ4n) is 3.86. The molecule has 1 aliphatic heterocycles. The Morgan fingerprint density at radius 1 is 1.31 bits per heavy atom. The molecule has 3 N–H and O–H groups in total. The summed E-state index contributed by atoms with van der Waals surface area (Å²) in [5, 5.41) is 3.12. The van der Waals surface area contributed by atoms with Crippen LogP contribution in [0.4, 0.5) is 14.6 Å². The van der Waals surface area contributed by atoms with Gasteiger partial charge in [0, 0.05) is 24.7 Å². The summed E-state index contributed by atoms with van der Waals surface area (Å²) in [5.41, 5.74) is 6.59. The number of benzene rings is 1. The molecule has 11 heteroatoms. The Hall–Kier alpha value is -3.27. The molecule has 3 heterocycles. The van der Waals surface area contributed by atoms with Crippen molar-refractivity contribution in [2.75, 3.05) is 12.3 Å². The summed E-state index contributed by atoms with van der Waals surface area (Å²) in [5.74, 6) is -0.871. The Kier molecular flexibility index (Phi) is 5.96. The van der Waals surface area contributed by atoms with E-state index in [1.165, 1.54) is 17.0 Å². The molecule has 2 aromatic heterocycles. The fraction of sp³-hybridized carbons (Fsp3) is 0.333. The first-order chi connectivity index (χ1) is 15.2. The number of anilines is 1. The molecule has 4 rings (SSSR count). The van der Waals surface area contributed by atoms with E-state index in [1.807, 2.05) is 0 Å². The number of halogens is 3. The number of fused-ring (bicyclic) bond motifs is 1. The van der Waals surface area contributed by atoms with Crippen LogP contribution in [0.25, 0.3) is 11.0 Å². The lowest BCUT2D eigenvalue weighted by molar-refractivity contribution is -0.139. The average Bonchev–Trinajstić information content (AvgIpc) is 3.33. The Morgan fingerprint density at radius 2 is 2.09 bits per heavy atom. The highest BCUT2D eigenvalue weighted by atomic mass is 35.5. The highest BCUT2D eigenvalue weighted by molar-refractivity contribution is 6.30. The zero-order valence-electron chi connectivity index (χ0n) is 17.2. The third kappa shape index (κ3) is 4.22. The first-order valence-corrected chi connectivity index (χ1v) is 10.4. The lowest BCUT2D eigenvalue weighted by atomic mass is 10.1. The molecule has 1 fully saturated rings. The van der Waals surface area contributed by atoms with Crippen LogP contribution in [0.5, 0.6) is 0 Å². The Balaban J connectivity index is 1.48. The van der Waals surface area contributed by atoms with Gasteiger partial charge in [0.15, 0.2) is 0 Å². The van der Waals surface area contributed by atoms with Crippen LogP contribution in [0.15, 0.2) is 30.5 Å². The molecule has 0 aliphatic carbocycles. The zero-order valence-corrected chi connectivity index (χ0v) is 17.9. The van der Waals surface area contributed by atoms with Crippen LogP contribution >= 0.6 is 11.6 Å². The molecule has 0 saturated carbocycles. The van der Waals surface area contributed by atoms with Crippen LogP contribution in [0.3, 0.4) is 0 Å². The number of hydrogen-bond donors (Lipinski definition) is 2. The standard InChI is InChI=1S/C21H21ClF2N6O2/c1-11-27-19(25)14-5-6-29(20(14)28-11)10-17(31)30-9-13(23)7-16(30)21(32)26-8-12-3-2-4-15(22)18(12)24/h2-6,13,16H,7-10H2,1H3,(H,26,32)(H2,25,27,28)/t13-,16+/m1/s1. The molecule has 1 aliphatic rings. The van der Waals surface area contributed by atoms with E-state index >= 15 is 0 Å². The predicted molar refractivity (Wildman–Crippen MR) is 115 cm³/mol. The molecule has 2 atom stereocenters. The molecule has 0 spiro atoms. The minimum absolute atomic E-state index is 0.0585. The Morgan fingerprint density at radius 3 is 2.88 bits per heavy atom. The van der Waals surface area contributed by atoms with Crippen molar-refractivity contribution in [2.24, 2.45) is 0 Å². The second kappa shape index (κ2) is 8.70. The molecule has 3 aromatic rings. The number of hydrogen-bond acceptors (Lipinski definition) is 5. The van der Waals surface area contributed by atoms with Crippen molar-refractivity contribution in [1.82, 2.24) is 24.8 Å². The molecule has 1 aromatic carbocycles. The van der Waals surface area contributed by atoms with Crippen molar-refractivity contribution in [3.05, 3.63) is 52.7 Å². The van der Waals surface area contributed by atoms with Gasteiger partial charge >= 0.3 is 0 Å². The lowest BCUT2D eigenvalue weighted by Crippen LogP contribution is -2.46. The van der Waals surface area contributed by atoms with Crippen molar-refractivity contribution in [3.63, 3.8) is 0 Å². The first kappa shape index (κ1) is 21.9. The van der Waals surface area contributed by atoms with Crippen molar-refractivity contribution < 1.29 is 18.4 Å². The van der Waals surface area contributed by atoms with Crippen molar-refractivity contribution in [2.45, 2.75) is 38.6 Å². The zero-order chi connectivity index (χ0) is 23.0. The highest BCUT2D eigenvalue weighted by Crippen LogP contribution is 2.24. The number of nitrogens with one attached hydrogen (secondary N) is 1. The summed E-state index contributed by atoms with van der Waals surface area (Å²) in [6.07, 6.45) is 0.183. The topological polar surface area (TPSA) is 106 Å². The first-order valence-electron chi connectivity index (χ1n) is 9.97. The summed E-state index contributed by atoms with van der Waals surface area (Å²) in [7, 11) is 0. The van der Waals surface area contributed by atoms with Gasteiger partial charge in [0.05, 0.1) is 17.0 Å². The van der Waals surface area contributed by atoms with Gasteiger partial charge in [0.1, 0.15) is 41.9 Å². The molecule has 1 saturated heterocycles. The number of amides is 2. The molecule has 168 valence electrons. The molecule has 0 bridgehead atoms. The smallest absolute Gasteiger partial charge is 0.243 e. The van der Waals surface area contributed by atoms with Gasteiger partial charge in [-0.2, -0.15) is 0 Å². The maximum atomic E-state index is 14.2. The minimum Gasteiger partial charge on any atom is -0.383 e. The number of aromatic nitrogens is 3. The Bertz CT molecular complexity index is 1200. The van der Waals surface area contributed by atoms with E-state index in [0.29, 0.717) is 22.7 Å². The second-order valence-electron chi connectivity index (χ2n) is 7.66. The van der Waals surface area contributed by atoms with Crippen LogP contribution in [-0.2, 0) is 22.7 Å². The van der Waals surface area contributed by atoms with Crippen molar-refractivity contribution in [3.8, 4) is 0 Å². The number of nitrogen functional groups attached to an aromatic ring is 1. The van der Waals surface area contributed by atoms with Gasteiger partial charge < -0.3 is 20.5 Å². The summed E-state index contributed by atoms with van der Waals surface area (Å²) in [6, 6.07) is 5.16. The molecule has 0 unspecified atom stereocenters. The van der Waals surface area contributed by atoms with Crippen LogP contribution in [0, 0.1) is 12.7 Å². The van der Waals surface area contributed by atoms with E-state index in [2.05, 4.69) is 15.3 Å². The quantitative estimate of drug-likeness (QED) is 0.605. The van der Waals surface area contributed by atoms with Gasteiger partial charge in [-0.1, -0.05) is 23.7 Å². The molecule has 8 nitrogen and oxygen atoms in total.